The van der Waals surface area contributed by atoms with E-state index in [1.54, 1.807) is 0 Å². The van der Waals surface area contributed by atoms with Gasteiger partial charge in [-0.2, -0.15) is 0 Å². The Labute approximate surface area is 93.0 Å². The third-order valence-corrected chi connectivity index (χ3v) is 3.41. The number of amides is 1. The fourth-order valence-electron chi connectivity index (χ4n) is 2.32. The molecule has 1 aliphatic carbocycles. The third-order valence-electron chi connectivity index (χ3n) is 3.41. The van der Waals surface area contributed by atoms with E-state index in [0.29, 0.717) is 6.54 Å². The summed E-state index contributed by atoms with van der Waals surface area (Å²) in [5.41, 5.74) is 5.50. The standard InChI is InChI=1S/C12H24N2O/c1-10(8-13)12(15)14(2)9-11-6-4-3-5-7-11/h10-11H,3-9,13H2,1-2H3. The van der Waals surface area contributed by atoms with E-state index in [-0.39, 0.29) is 11.8 Å². The molecule has 1 saturated carbocycles. The molecule has 1 fully saturated rings. The van der Waals surface area contributed by atoms with Crippen LogP contribution in [0.3, 0.4) is 0 Å². The molecule has 1 aliphatic rings. The molecule has 0 spiro atoms. The molecular formula is C12H24N2O. The van der Waals surface area contributed by atoms with E-state index >= 15 is 0 Å². The van der Waals surface area contributed by atoms with Crippen LogP contribution in [-0.2, 0) is 4.79 Å². The minimum absolute atomic E-state index is 0.0291. The van der Waals surface area contributed by atoms with Gasteiger partial charge in [0.15, 0.2) is 0 Å². The van der Waals surface area contributed by atoms with Crippen molar-refractivity contribution >= 4 is 5.91 Å². The molecule has 0 aromatic rings. The van der Waals surface area contributed by atoms with Gasteiger partial charge in [0.05, 0.1) is 0 Å². The SMILES string of the molecule is CC(CN)C(=O)N(C)CC1CCCCC1. The molecule has 3 nitrogen and oxygen atoms in total. The summed E-state index contributed by atoms with van der Waals surface area (Å²) in [6, 6.07) is 0. The Morgan fingerprint density at radius 2 is 2.00 bits per heavy atom. The number of carbonyl (C=O) groups excluding carboxylic acids is 1. The molecule has 15 heavy (non-hydrogen) atoms. The van der Waals surface area contributed by atoms with Gasteiger partial charge in [-0.15, -0.1) is 0 Å². The molecule has 0 aromatic carbocycles. The monoisotopic (exact) mass is 212 g/mol. The summed E-state index contributed by atoms with van der Waals surface area (Å²) in [5, 5.41) is 0. The van der Waals surface area contributed by atoms with Crippen LogP contribution < -0.4 is 5.73 Å². The Kier molecular flexibility index (Phi) is 5.09. The van der Waals surface area contributed by atoms with Gasteiger partial charge in [-0.25, -0.2) is 0 Å². The summed E-state index contributed by atoms with van der Waals surface area (Å²) >= 11 is 0. The van der Waals surface area contributed by atoms with Gasteiger partial charge in [-0.3, -0.25) is 4.79 Å². The van der Waals surface area contributed by atoms with E-state index < -0.39 is 0 Å². The molecule has 0 heterocycles. The highest BCUT2D eigenvalue weighted by Gasteiger charge is 2.20. The Hall–Kier alpha value is -0.570. The fraction of sp³-hybridized carbons (Fsp3) is 0.917. The Bertz CT molecular complexity index is 200. The first kappa shape index (κ1) is 12.5. The Morgan fingerprint density at radius 3 is 2.53 bits per heavy atom. The highest BCUT2D eigenvalue weighted by Crippen LogP contribution is 2.24. The second-order valence-corrected chi connectivity index (χ2v) is 4.86. The van der Waals surface area contributed by atoms with Crippen molar-refractivity contribution in [2.75, 3.05) is 20.1 Å². The van der Waals surface area contributed by atoms with Crippen LogP contribution in [-0.4, -0.2) is 30.9 Å². The van der Waals surface area contributed by atoms with Crippen LogP contribution in [0.2, 0.25) is 0 Å². The average Bonchev–Trinajstić information content (AvgIpc) is 2.28. The summed E-state index contributed by atoms with van der Waals surface area (Å²) in [6.45, 7) is 3.27. The van der Waals surface area contributed by atoms with Gasteiger partial charge in [0, 0.05) is 26.1 Å². The summed E-state index contributed by atoms with van der Waals surface area (Å²) in [4.78, 5) is 13.7. The van der Waals surface area contributed by atoms with Crippen LogP contribution in [0.15, 0.2) is 0 Å². The van der Waals surface area contributed by atoms with Crippen molar-refractivity contribution in [2.45, 2.75) is 39.0 Å². The predicted molar refractivity (Wildman–Crippen MR) is 62.4 cm³/mol. The lowest BCUT2D eigenvalue weighted by atomic mass is 9.89. The maximum atomic E-state index is 11.8. The first-order valence-corrected chi connectivity index (χ1v) is 6.10. The fourth-order valence-corrected chi connectivity index (χ4v) is 2.32. The first-order valence-electron chi connectivity index (χ1n) is 6.10. The van der Waals surface area contributed by atoms with Crippen molar-refractivity contribution in [1.82, 2.24) is 4.90 Å². The predicted octanol–water partition coefficient (Wildman–Crippen LogP) is 1.62. The van der Waals surface area contributed by atoms with Crippen LogP contribution in [0.25, 0.3) is 0 Å². The van der Waals surface area contributed by atoms with Gasteiger partial charge >= 0.3 is 0 Å². The third kappa shape index (κ3) is 3.82. The summed E-state index contributed by atoms with van der Waals surface area (Å²) < 4.78 is 0. The highest BCUT2D eigenvalue weighted by molar-refractivity contribution is 5.78. The summed E-state index contributed by atoms with van der Waals surface area (Å²) in [6.07, 6.45) is 6.61. The van der Waals surface area contributed by atoms with Crippen LogP contribution in [0.5, 0.6) is 0 Å². The molecule has 88 valence electrons. The van der Waals surface area contributed by atoms with Gasteiger partial charge in [0.1, 0.15) is 0 Å². The van der Waals surface area contributed by atoms with E-state index in [2.05, 4.69) is 0 Å². The molecule has 3 heteroatoms. The van der Waals surface area contributed by atoms with Crippen molar-refractivity contribution in [3.8, 4) is 0 Å². The zero-order valence-corrected chi connectivity index (χ0v) is 10.0. The van der Waals surface area contributed by atoms with Crippen LogP contribution in [0.4, 0.5) is 0 Å². The molecule has 0 aliphatic heterocycles. The summed E-state index contributed by atoms with van der Waals surface area (Å²) in [7, 11) is 1.91. The van der Waals surface area contributed by atoms with E-state index in [0.717, 1.165) is 12.5 Å². The minimum atomic E-state index is -0.0291. The van der Waals surface area contributed by atoms with Crippen molar-refractivity contribution < 1.29 is 4.79 Å². The van der Waals surface area contributed by atoms with Gasteiger partial charge in [0.25, 0.3) is 0 Å². The molecule has 1 rings (SSSR count). The van der Waals surface area contributed by atoms with Crippen molar-refractivity contribution in [3.63, 3.8) is 0 Å². The van der Waals surface area contributed by atoms with Gasteiger partial charge in [0.2, 0.25) is 5.91 Å². The zero-order valence-electron chi connectivity index (χ0n) is 10.0. The second kappa shape index (κ2) is 6.11. The number of hydrogen-bond acceptors (Lipinski definition) is 2. The lowest BCUT2D eigenvalue weighted by Gasteiger charge is -2.28. The van der Waals surface area contributed by atoms with Gasteiger partial charge < -0.3 is 10.6 Å². The topological polar surface area (TPSA) is 46.3 Å². The zero-order chi connectivity index (χ0) is 11.3. The van der Waals surface area contributed by atoms with E-state index in [1.165, 1.54) is 32.1 Å². The van der Waals surface area contributed by atoms with Crippen molar-refractivity contribution in [2.24, 2.45) is 17.6 Å². The number of rotatable bonds is 4. The molecular weight excluding hydrogens is 188 g/mol. The summed E-state index contributed by atoms with van der Waals surface area (Å²) in [5.74, 6) is 0.888. The molecule has 1 amide bonds. The van der Waals surface area contributed by atoms with E-state index in [4.69, 9.17) is 5.73 Å². The lowest BCUT2D eigenvalue weighted by molar-refractivity contribution is -0.134. The smallest absolute Gasteiger partial charge is 0.226 e. The second-order valence-electron chi connectivity index (χ2n) is 4.86. The van der Waals surface area contributed by atoms with E-state index in [9.17, 15) is 4.79 Å². The van der Waals surface area contributed by atoms with Crippen LogP contribution in [0.1, 0.15) is 39.0 Å². The minimum Gasteiger partial charge on any atom is -0.345 e. The average molecular weight is 212 g/mol. The van der Waals surface area contributed by atoms with Crippen LogP contribution >= 0.6 is 0 Å². The Balaban J connectivity index is 2.33. The number of hydrogen-bond donors (Lipinski definition) is 1. The molecule has 0 aromatic heterocycles. The normalized spacial score (nSPS) is 19.9. The molecule has 2 N–H and O–H groups in total. The Morgan fingerprint density at radius 1 is 1.40 bits per heavy atom. The van der Waals surface area contributed by atoms with E-state index in [1.807, 2.05) is 18.9 Å². The molecule has 0 saturated heterocycles. The van der Waals surface area contributed by atoms with Crippen molar-refractivity contribution in [3.05, 3.63) is 0 Å². The maximum Gasteiger partial charge on any atom is 0.226 e. The molecule has 1 unspecified atom stereocenters. The molecule has 0 radical (unpaired) electrons. The van der Waals surface area contributed by atoms with Crippen molar-refractivity contribution in [1.29, 1.82) is 0 Å². The maximum absolute atomic E-state index is 11.8. The highest BCUT2D eigenvalue weighted by atomic mass is 16.2. The number of nitrogens with zero attached hydrogens (tertiary/aromatic N) is 1. The van der Waals surface area contributed by atoms with Gasteiger partial charge in [-0.05, 0) is 18.8 Å². The largest absolute Gasteiger partial charge is 0.345 e. The quantitative estimate of drug-likeness (QED) is 0.769. The first-order chi connectivity index (χ1) is 7.15. The molecule has 1 atom stereocenters. The molecule has 0 bridgehead atoms. The van der Waals surface area contributed by atoms with Gasteiger partial charge in [-0.1, -0.05) is 26.2 Å². The lowest BCUT2D eigenvalue weighted by Crippen LogP contribution is -2.38. The number of nitrogens with two attached hydrogens (primary N) is 1. The number of carbonyl (C=O) groups is 1. The van der Waals surface area contributed by atoms with Crippen LogP contribution in [0, 0.1) is 11.8 Å².